The molecule has 0 rings (SSSR count). The van der Waals surface area contributed by atoms with Gasteiger partial charge >= 0.3 is 5.97 Å². The van der Waals surface area contributed by atoms with Crippen LogP contribution in [0.25, 0.3) is 0 Å². The Kier molecular flexibility index (Phi) is 11.4. The average molecular weight is 246 g/mol. The lowest BCUT2D eigenvalue weighted by molar-refractivity contribution is -0.145. The number of carbonyl (C=O) groups excluding carboxylic acids is 1. The first kappa shape index (κ1) is 16.4. The minimum absolute atomic E-state index is 0.142. The van der Waals surface area contributed by atoms with E-state index in [1.165, 1.54) is 0 Å². The number of hydrogen-bond donors (Lipinski definition) is 1. The Balaban J connectivity index is 3.15. The lowest BCUT2D eigenvalue weighted by Gasteiger charge is -2.08. The van der Waals surface area contributed by atoms with Crippen molar-refractivity contribution in [2.45, 2.75) is 58.5 Å². The van der Waals surface area contributed by atoms with Gasteiger partial charge in [0.1, 0.15) is 6.61 Å². The molecule has 0 fully saturated rings. The molecular formula is C13H26O4. The Morgan fingerprint density at radius 1 is 1.18 bits per heavy atom. The molecule has 0 aliphatic rings. The second kappa shape index (κ2) is 11.9. The number of hydrogen-bond acceptors (Lipinski definition) is 4. The van der Waals surface area contributed by atoms with Gasteiger partial charge in [0.25, 0.3) is 0 Å². The maximum atomic E-state index is 11.1. The van der Waals surface area contributed by atoms with E-state index in [0.717, 1.165) is 32.1 Å². The van der Waals surface area contributed by atoms with Gasteiger partial charge in [0.15, 0.2) is 0 Å². The lowest BCUT2D eigenvalue weighted by atomic mass is 10.2. The number of rotatable bonds is 11. The van der Waals surface area contributed by atoms with Crippen molar-refractivity contribution < 1.29 is 19.4 Å². The van der Waals surface area contributed by atoms with Crippen molar-refractivity contribution in [1.82, 2.24) is 0 Å². The van der Waals surface area contributed by atoms with Gasteiger partial charge in [0, 0.05) is 13.0 Å². The fourth-order valence-corrected chi connectivity index (χ4v) is 1.33. The second-order valence-corrected chi connectivity index (χ2v) is 4.14. The summed E-state index contributed by atoms with van der Waals surface area (Å²) in [5, 5.41) is 9.29. The van der Waals surface area contributed by atoms with Crippen LogP contribution in [0.3, 0.4) is 0 Å². The van der Waals surface area contributed by atoms with E-state index in [1.807, 2.05) is 13.8 Å². The molecule has 17 heavy (non-hydrogen) atoms. The largest absolute Gasteiger partial charge is 0.463 e. The van der Waals surface area contributed by atoms with Crippen molar-refractivity contribution in [3.8, 4) is 0 Å². The number of carbonyl (C=O) groups is 1. The molecule has 0 aromatic rings. The normalized spacial score (nSPS) is 12.4. The highest BCUT2D eigenvalue weighted by Gasteiger charge is 2.02. The molecule has 0 aromatic carbocycles. The van der Waals surface area contributed by atoms with E-state index in [-0.39, 0.29) is 12.1 Å². The molecule has 1 N–H and O–H groups in total. The van der Waals surface area contributed by atoms with E-state index in [4.69, 9.17) is 9.47 Å². The van der Waals surface area contributed by atoms with E-state index >= 15 is 0 Å². The van der Waals surface area contributed by atoms with Gasteiger partial charge in [-0.25, -0.2) is 0 Å². The molecule has 0 aromatic heterocycles. The Labute approximate surface area is 104 Å². The monoisotopic (exact) mass is 246 g/mol. The molecule has 0 aliphatic heterocycles. The predicted molar refractivity (Wildman–Crippen MR) is 66.8 cm³/mol. The van der Waals surface area contributed by atoms with Gasteiger partial charge in [0.05, 0.1) is 12.7 Å². The first-order valence-electron chi connectivity index (χ1n) is 6.62. The molecule has 1 atom stereocenters. The zero-order valence-corrected chi connectivity index (χ0v) is 11.1. The highest BCUT2D eigenvalue weighted by atomic mass is 16.6. The van der Waals surface area contributed by atoms with E-state index in [1.54, 1.807) is 0 Å². The summed E-state index contributed by atoms with van der Waals surface area (Å²) in [5.41, 5.74) is 0. The first-order chi connectivity index (χ1) is 8.20. The van der Waals surface area contributed by atoms with Crippen LogP contribution in [-0.2, 0) is 14.3 Å². The van der Waals surface area contributed by atoms with Gasteiger partial charge in [-0.15, -0.1) is 0 Å². The van der Waals surface area contributed by atoms with Gasteiger partial charge in [0.2, 0.25) is 0 Å². The van der Waals surface area contributed by atoms with Crippen LogP contribution in [0.4, 0.5) is 0 Å². The zero-order valence-electron chi connectivity index (χ0n) is 11.1. The third kappa shape index (κ3) is 11.6. The average Bonchev–Trinajstić information content (AvgIpc) is 2.34. The summed E-state index contributed by atoms with van der Waals surface area (Å²) in [7, 11) is 0. The molecule has 102 valence electrons. The summed E-state index contributed by atoms with van der Waals surface area (Å²) in [6.45, 7) is 5.39. The van der Waals surface area contributed by atoms with Crippen LogP contribution in [0.2, 0.25) is 0 Å². The third-order valence-electron chi connectivity index (χ3n) is 2.52. The topological polar surface area (TPSA) is 55.8 Å². The van der Waals surface area contributed by atoms with Gasteiger partial charge in [-0.3, -0.25) is 4.79 Å². The fourth-order valence-electron chi connectivity index (χ4n) is 1.33. The van der Waals surface area contributed by atoms with Crippen LogP contribution in [0, 0.1) is 0 Å². The Bertz CT molecular complexity index is 182. The molecule has 4 nitrogen and oxygen atoms in total. The number of ether oxygens (including phenoxy) is 2. The summed E-state index contributed by atoms with van der Waals surface area (Å²) in [6.07, 6.45) is 4.57. The van der Waals surface area contributed by atoms with Crippen molar-refractivity contribution >= 4 is 5.97 Å². The molecule has 0 saturated carbocycles. The lowest BCUT2D eigenvalue weighted by Crippen LogP contribution is -2.12. The van der Waals surface area contributed by atoms with Crippen molar-refractivity contribution in [2.75, 3.05) is 19.8 Å². The molecule has 0 heterocycles. The van der Waals surface area contributed by atoms with Crippen molar-refractivity contribution in [2.24, 2.45) is 0 Å². The van der Waals surface area contributed by atoms with Crippen molar-refractivity contribution in [1.29, 1.82) is 0 Å². The quantitative estimate of drug-likeness (QED) is 0.449. The number of unbranched alkanes of at least 4 members (excludes halogenated alkanes) is 1. The Morgan fingerprint density at radius 2 is 1.94 bits per heavy atom. The van der Waals surface area contributed by atoms with Crippen LogP contribution in [0.1, 0.15) is 52.4 Å². The van der Waals surface area contributed by atoms with E-state index in [2.05, 4.69) is 0 Å². The van der Waals surface area contributed by atoms with Gasteiger partial charge in [-0.2, -0.15) is 0 Å². The second-order valence-electron chi connectivity index (χ2n) is 4.14. The van der Waals surface area contributed by atoms with Crippen LogP contribution >= 0.6 is 0 Å². The summed E-state index contributed by atoms with van der Waals surface area (Å²) in [4.78, 5) is 11.1. The molecule has 0 radical (unpaired) electrons. The van der Waals surface area contributed by atoms with Gasteiger partial charge in [-0.05, 0) is 25.7 Å². The van der Waals surface area contributed by atoms with Crippen LogP contribution in [0.15, 0.2) is 0 Å². The van der Waals surface area contributed by atoms with Crippen molar-refractivity contribution in [3.05, 3.63) is 0 Å². The van der Waals surface area contributed by atoms with Crippen LogP contribution in [-0.4, -0.2) is 37.0 Å². The molecule has 0 spiro atoms. The summed E-state index contributed by atoms with van der Waals surface area (Å²) in [6, 6.07) is 0. The number of esters is 1. The maximum Gasteiger partial charge on any atom is 0.305 e. The highest BCUT2D eigenvalue weighted by Crippen LogP contribution is 2.01. The molecule has 4 heteroatoms. The van der Waals surface area contributed by atoms with Crippen LogP contribution < -0.4 is 0 Å². The number of aliphatic hydroxyl groups is 1. The van der Waals surface area contributed by atoms with E-state index in [0.29, 0.717) is 26.2 Å². The minimum Gasteiger partial charge on any atom is -0.463 e. The summed E-state index contributed by atoms with van der Waals surface area (Å²) in [5.74, 6) is -0.142. The molecule has 0 amide bonds. The summed E-state index contributed by atoms with van der Waals surface area (Å²) >= 11 is 0. The SMILES string of the molecule is CCCCC(=O)OCCOCCC[C@H](O)CC. The number of aliphatic hydroxyl groups excluding tert-OH is 1. The van der Waals surface area contributed by atoms with Gasteiger partial charge in [-0.1, -0.05) is 20.3 Å². The standard InChI is InChI=1S/C13H26O4/c1-3-5-8-13(15)17-11-10-16-9-6-7-12(14)4-2/h12,14H,3-11H2,1-2H3/t12-/m1/s1. The fraction of sp³-hybridized carbons (Fsp3) is 0.923. The minimum atomic E-state index is -0.217. The Hall–Kier alpha value is -0.610. The highest BCUT2D eigenvalue weighted by molar-refractivity contribution is 5.69. The van der Waals surface area contributed by atoms with Crippen LogP contribution in [0.5, 0.6) is 0 Å². The maximum absolute atomic E-state index is 11.1. The smallest absolute Gasteiger partial charge is 0.305 e. The third-order valence-corrected chi connectivity index (χ3v) is 2.52. The molecule has 0 bridgehead atoms. The van der Waals surface area contributed by atoms with E-state index in [9.17, 15) is 9.90 Å². The Morgan fingerprint density at radius 3 is 2.59 bits per heavy atom. The van der Waals surface area contributed by atoms with E-state index < -0.39 is 0 Å². The molecule has 0 aliphatic carbocycles. The van der Waals surface area contributed by atoms with Gasteiger partial charge < -0.3 is 14.6 Å². The van der Waals surface area contributed by atoms with Crippen molar-refractivity contribution in [3.63, 3.8) is 0 Å². The summed E-state index contributed by atoms with van der Waals surface area (Å²) < 4.78 is 10.3. The first-order valence-corrected chi connectivity index (χ1v) is 6.62. The molecular weight excluding hydrogens is 220 g/mol. The molecule has 0 unspecified atom stereocenters. The molecule has 0 saturated heterocycles. The zero-order chi connectivity index (χ0) is 12.9. The predicted octanol–water partition coefficient (Wildman–Crippen LogP) is 2.29.